The van der Waals surface area contributed by atoms with Gasteiger partial charge in [0.15, 0.2) is 0 Å². The molecule has 1 aliphatic rings. The third-order valence-electron chi connectivity index (χ3n) is 4.33. The first-order valence-electron chi connectivity index (χ1n) is 8.11. The molecule has 3 rings (SSSR count). The van der Waals surface area contributed by atoms with Crippen molar-refractivity contribution in [2.45, 2.75) is 13.3 Å². The lowest BCUT2D eigenvalue weighted by atomic mass is 10.1. The number of aromatic hydroxyl groups is 1. The molecule has 0 saturated carbocycles. The zero-order valence-corrected chi connectivity index (χ0v) is 13.9. The van der Waals surface area contributed by atoms with Gasteiger partial charge < -0.3 is 20.6 Å². The summed E-state index contributed by atoms with van der Waals surface area (Å²) in [5.41, 5.74) is 8.89. The summed E-state index contributed by atoms with van der Waals surface area (Å²) >= 11 is 0. The fourth-order valence-electron chi connectivity index (χ4n) is 3.11. The Morgan fingerprint density at radius 2 is 1.92 bits per heavy atom. The second-order valence-electron chi connectivity index (χ2n) is 5.96. The van der Waals surface area contributed by atoms with Gasteiger partial charge in [-0.15, -0.1) is 6.58 Å². The van der Waals surface area contributed by atoms with Gasteiger partial charge in [0.2, 0.25) is 5.95 Å². The first-order chi connectivity index (χ1) is 11.6. The molecule has 1 fully saturated rings. The standard InChI is InChI=1S/C18H23N5O/c1-3-5-16-13(2)20-18(19)21-17(16)23-10-8-22(9-11-23)14-6-4-7-15(24)12-14/h3-4,6-7,12,24H,1,5,8-11H2,2H3,(H2,19,20,21). The van der Waals surface area contributed by atoms with Gasteiger partial charge in [-0.05, 0) is 25.5 Å². The van der Waals surface area contributed by atoms with E-state index in [2.05, 4.69) is 26.3 Å². The molecule has 0 radical (unpaired) electrons. The van der Waals surface area contributed by atoms with Gasteiger partial charge in [0.25, 0.3) is 0 Å². The number of allylic oxidation sites excluding steroid dienone is 1. The number of hydrogen-bond acceptors (Lipinski definition) is 6. The number of rotatable bonds is 4. The van der Waals surface area contributed by atoms with Gasteiger partial charge in [0.05, 0.1) is 0 Å². The maximum absolute atomic E-state index is 9.65. The SMILES string of the molecule is C=CCc1c(C)nc(N)nc1N1CCN(c2cccc(O)c2)CC1. The van der Waals surface area contributed by atoms with Crippen molar-refractivity contribution < 1.29 is 5.11 Å². The van der Waals surface area contributed by atoms with Crippen LogP contribution in [0.15, 0.2) is 36.9 Å². The molecule has 6 heteroatoms. The second-order valence-corrected chi connectivity index (χ2v) is 5.96. The second kappa shape index (κ2) is 6.78. The number of nitrogens with two attached hydrogens (primary N) is 1. The lowest BCUT2D eigenvalue weighted by molar-refractivity contribution is 0.475. The van der Waals surface area contributed by atoms with E-state index in [1.807, 2.05) is 25.1 Å². The molecule has 1 aromatic carbocycles. The number of aryl methyl sites for hydroxylation is 1. The van der Waals surface area contributed by atoms with Crippen LogP contribution in [-0.4, -0.2) is 41.3 Å². The van der Waals surface area contributed by atoms with Gasteiger partial charge in [0.1, 0.15) is 11.6 Å². The third-order valence-corrected chi connectivity index (χ3v) is 4.33. The molecule has 2 aromatic rings. The van der Waals surface area contributed by atoms with Gasteiger partial charge in [-0.2, -0.15) is 4.98 Å². The first-order valence-corrected chi connectivity index (χ1v) is 8.11. The summed E-state index contributed by atoms with van der Waals surface area (Å²) in [6.07, 6.45) is 2.60. The van der Waals surface area contributed by atoms with Crippen LogP contribution in [0.25, 0.3) is 0 Å². The average Bonchev–Trinajstić information content (AvgIpc) is 2.57. The van der Waals surface area contributed by atoms with E-state index >= 15 is 0 Å². The predicted octanol–water partition coefficient (Wildman–Crippen LogP) is 2.13. The number of aromatic nitrogens is 2. The highest BCUT2D eigenvalue weighted by Gasteiger charge is 2.22. The molecule has 2 heterocycles. The molecule has 6 nitrogen and oxygen atoms in total. The number of nitrogen functional groups attached to an aromatic ring is 1. The van der Waals surface area contributed by atoms with Gasteiger partial charge in [-0.1, -0.05) is 12.1 Å². The number of anilines is 3. The van der Waals surface area contributed by atoms with Crippen molar-refractivity contribution in [3.8, 4) is 5.75 Å². The topological polar surface area (TPSA) is 78.5 Å². The van der Waals surface area contributed by atoms with E-state index in [1.54, 1.807) is 12.1 Å². The summed E-state index contributed by atoms with van der Waals surface area (Å²) in [7, 11) is 0. The van der Waals surface area contributed by atoms with Crippen LogP contribution in [0.4, 0.5) is 17.5 Å². The van der Waals surface area contributed by atoms with Crippen molar-refractivity contribution in [2.75, 3.05) is 41.7 Å². The van der Waals surface area contributed by atoms with Crippen LogP contribution in [-0.2, 0) is 6.42 Å². The van der Waals surface area contributed by atoms with Gasteiger partial charge in [-0.3, -0.25) is 0 Å². The molecule has 1 aliphatic heterocycles. The fraction of sp³-hybridized carbons (Fsp3) is 0.333. The fourth-order valence-corrected chi connectivity index (χ4v) is 3.11. The Kier molecular flexibility index (Phi) is 4.55. The highest BCUT2D eigenvalue weighted by molar-refractivity contribution is 5.56. The highest BCUT2D eigenvalue weighted by Crippen LogP contribution is 2.26. The first kappa shape index (κ1) is 16.1. The number of phenolic OH excluding ortho intramolecular Hbond substituents is 1. The predicted molar refractivity (Wildman–Crippen MR) is 97.6 cm³/mol. The van der Waals surface area contributed by atoms with Crippen LogP contribution in [0.1, 0.15) is 11.3 Å². The van der Waals surface area contributed by atoms with E-state index in [4.69, 9.17) is 5.73 Å². The van der Waals surface area contributed by atoms with Gasteiger partial charge in [-0.25, -0.2) is 4.98 Å². The zero-order valence-electron chi connectivity index (χ0n) is 13.9. The molecule has 0 atom stereocenters. The Morgan fingerprint density at radius 3 is 2.58 bits per heavy atom. The molecule has 1 aromatic heterocycles. The van der Waals surface area contributed by atoms with Crippen molar-refractivity contribution in [3.05, 3.63) is 48.2 Å². The maximum Gasteiger partial charge on any atom is 0.222 e. The lowest BCUT2D eigenvalue weighted by Crippen LogP contribution is -2.47. The van der Waals surface area contributed by atoms with Crippen molar-refractivity contribution >= 4 is 17.5 Å². The van der Waals surface area contributed by atoms with E-state index in [9.17, 15) is 5.11 Å². The molecular weight excluding hydrogens is 302 g/mol. The Hall–Kier alpha value is -2.76. The van der Waals surface area contributed by atoms with E-state index in [1.165, 1.54) is 0 Å². The van der Waals surface area contributed by atoms with Crippen molar-refractivity contribution in [2.24, 2.45) is 0 Å². The quantitative estimate of drug-likeness (QED) is 0.839. The molecular formula is C18H23N5O. The Bertz CT molecular complexity index is 738. The molecule has 0 spiro atoms. The number of nitrogens with zero attached hydrogens (tertiary/aromatic N) is 4. The van der Waals surface area contributed by atoms with Gasteiger partial charge >= 0.3 is 0 Å². The molecule has 24 heavy (non-hydrogen) atoms. The highest BCUT2D eigenvalue weighted by atomic mass is 16.3. The maximum atomic E-state index is 9.65. The van der Waals surface area contributed by atoms with Crippen LogP contribution in [0.5, 0.6) is 5.75 Å². The molecule has 0 aliphatic carbocycles. The third kappa shape index (κ3) is 3.27. The summed E-state index contributed by atoms with van der Waals surface area (Å²) in [6.45, 7) is 9.20. The number of benzene rings is 1. The van der Waals surface area contributed by atoms with Crippen LogP contribution in [0, 0.1) is 6.92 Å². The van der Waals surface area contributed by atoms with Crippen LogP contribution in [0.2, 0.25) is 0 Å². The molecule has 1 saturated heterocycles. The largest absolute Gasteiger partial charge is 0.508 e. The van der Waals surface area contributed by atoms with Crippen LogP contribution >= 0.6 is 0 Å². The molecule has 0 amide bonds. The van der Waals surface area contributed by atoms with E-state index in [-0.39, 0.29) is 0 Å². The zero-order chi connectivity index (χ0) is 17.1. The normalized spacial score (nSPS) is 14.7. The summed E-state index contributed by atoms with van der Waals surface area (Å²) in [6, 6.07) is 7.37. The van der Waals surface area contributed by atoms with Crippen molar-refractivity contribution in [1.29, 1.82) is 0 Å². The number of hydrogen-bond donors (Lipinski definition) is 2. The van der Waals surface area contributed by atoms with E-state index < -0.39 is 0 Å². The minimum Gasteiger partial charge on any atom is -0.508 e. The summed E-state index contributed by atoms with van der Waals surface area (Å²) in [5.74, 6) is 1.52. The van der Waals surface area contributed by atoms with Crippen molar-refractivity contribution in [1.82, 2.24) is 9.97 Å². The molecule has 3 N–H and O–H groups in total. The summed E-state index contributed by atoms with van der Waals surface area (Å²) in [4.78, 5) is 13.3. The van der Waals surface area contributed by atoms with Gasteiger partial charge in [0, 0.05) is 49.2 Å². The minimum absolute atomic E-state index is 0.294. The summed E-state index contributed by atoms with van der Waals surface area (Å²) < 4.78 is 0. The molecule has 126 valence electrons. The average molecular weight is 325 g/mol. The smallest absolute Gasteiger partial charge is 0.222 e. The van der Waals surface area contributed by atoms with Crippen molar-refractivity contribution in [3.63, 3.8) is 0 Å². The summed E-state index contributed by atoms with van der Waals surface area (Å²) in [5, 5.41) is 9.65. The Morgan fingerprint density at radius 1 is 1.21 bits per heavy atom. The minimum atomic E-state index is 0.294. The van der Waals surface area contributed by atoms with Crippen LogP contribution < -0.4 is 15.5 Å². The number of piperazine rings is 1. The molecule has 0 unspecified atom stereocenters. The molecule has 0 bridgehead atoms. The van der Waals surface area contributed by atoms with Crippen LogP contribution in [0.3, 0.4) is 0 Å². The van der Waals surface area contributed by atoms with E-state index in [0.717, 1.165) is 55.4 Å². The van der Waals surface area contributed by atoms with E-state index in [0.29, 0.717) is 11.7 Å². The monoisotopic (exact) mass is 325 g/mol. The number of phenols is 1. The lowest BCUT2D eigenvalue weighted by Gasteiger charge is -2.37. The Balaban J connectivity index is 1.78. The Labute approximate surface area is 142 Å².